The Balaban J connectivity index is 2.15. The first-order valence-electron chi connectivity index (χ1n) is 5.19. The van der Waals surface area contributed by atoms with Crippen molar-refractivity contribution in [2.75, 3.05) is 25.1 Å². The Morgan fingerprint density at radius 1 is 1.47 bits per heavy atom. The number of methoxy groups -OCH3 is 1. The van der Waals surface area contributed by atoms with Crippen molar-refractivity contribution in [2.45, 2.75) is 18.2 Å². The van der Waals surface area contributed by atoms with Crippen molar-refractivity contribution in [2.24, 2.45) is 0 Å². The van der Waals surface area contributed by atoms with Crippen molar-refractivity contribution in [1.82, 2.24) is 4.98 Å². The van der Waals surface area contributed by atoms with Crippen LogP contribution in [0, 0.1) is 0 Å². The topological polar surface area (TPSA) is 25.4 Å². The second-order valence-electron chi connectivity index (χ2n) is 3.69. The fraction of sp³-hybridized carbons (Fsp3) is 0.545. The summed E-state index contributed by atoms with van der Waals surface area (Å²) in [5.41, 5.74) is 0. The monoisotopic (exact) mass is 226 g/mol. The summed E-state index contributed by atoms with van der Waals surface area (Å²) in [5, 5.41) is 0.316. The van der Waals surface area contributed by atoms with Crippen LogP contribution >= 0.6 is 11.6 Å². The highest BCUT2D eigenvalue weighted by Gasteiger charge is 2.20. The Hall–Kier alpha value is -0.960. The minimum Gasteiger partial charge on any atom is -0.493 e. The number of pyridine rings is 1. The molecule has 1 saturated heterocycles. The van der Waals surface area contributed by atoms with Gasteiger partial charge in [0.25, 0.3) is 0 Å². The summed E-state index contributed by atoms with van der Waals surface area (Å²) in [4.78, 5) is 6.59. The number of ether oxygens (including phenoxy) is 1. The number of halogens is 1. The van der Waals surface area contributed by atoms with Crippen LogP contribution in [0.1, 0.15) is 12.8 Å². The lowest BCUT2D eigenvalue weighted by atomic mass is 10.1. The highest BCUT2D eigenvalue weighted by Crippen LogP contribution is 2.28. The van der Waals surface area contributed by atoms with Crippen molar-refractivity contribution in [3.05, 3.63) is 18.3 Å². The highest BCUT2D eigenvalue weighted by molar-refractivity contribution is 6.20. The van der Waals surface area contributed by atoms with Crippen LogP contribution in [-0.4, -0.2) is 30.6 Å². The van der Waals surface area contributed by atoms with E-state index >= 15 is 0 Å². The van der Waals surface area contributed by atoms with Gasteiger partial charge in [-0.1, -0.05) is 0 Å². The van der Waals surface area contributed by atoms with E-state index in [0.29, 0.717) is 5.38 Å². The second-order valence-corrected chi connectivity index (χ2v) is 4.31. The molecule has 0 unspecified atom stereocenters. The predicted molar refractivity (Wildman–Crippen MR) is 61.9 cm³/mol. The van der Waals surface area contributed by atoms with Gasteiger partial charge in [0.1, 0.15) is 0 Å². The third-order valence-corrected chi connectivity index (χ3v) is 3.13. The van der Waals surface area contributed by atoms with Crippen molar-refractivity contribution in [3.8, 4) is 5.75 Å². The highest BCUT2D eigenvalue weighted by atomic mass is 35.5. The van der Waals surface area contributed by atoms with Gasteiger partial charge in [-0.2, -0.15) is 0 Å². The van der Waals surface area contributed by atoms with Crippen LogP contribution in [0.2, 0.25) is 0 Å². The lowest BCUT2D eigenvalue weighted by molar-refractivity contribution is 0.410. The summed E-state index contributed by atoms with van der Waals surface area (Å²) >= 11 is 6.06. The minimum atomic E-state index is 0.316. The van der Waals surface area contributed by atoms with Gasteiger partial charge < -0.3 is 9.64 Å². The van der Waals surface area contributed by atoms with E-state index in [1.807, 2.05) is 12.1 Å². The van der Waals surface area contributed by atoms with E-state index in [4.69, 9.17) is 16.3 Å². The summed E-state index contributed by atoms with van der Waals surface area (Å²) in [6.07, 6.45) is 3.83. The Kier molecular flexibility index (Phi) is 3.31. The Morgan fingerprint density at radius 3 is 2.87 bits per heavy atom. The zero-order valence-corrected chi connectivity index (χ0v) is 9.57. The normalized spacial score (nSPS) is 17.9. The van der Waals surface area contributed by atoms with Gasteiger partial charge in [0.15, 0.2) is 11.6 Å². The average molecular weight is 227 g/mol. The first-order chi connectivity index (χ1) is 7.31. The summed E-state index contributed by atoms with van der Waals surface area (Å²) in [6.45, 7) is 1.92. The first kappa shape index (κ1) is 10.6. The van der Waals surface area contributed by atoms with Crippen LogP contribution in [0.4, 0.5) is 5.82 Å². The number of alkyl halides is 1. The maximum Gasteiger partial charge on any atom is 0.171 e. The molecule has 82 valence electrons. The molecular formula is C11H15ClN2O. The van der Waals surface area contributed by atoms with E-state index in [1.165, 1.54) is 0 Å². The molecular weight excluding hydrogens is 212 g/mol. The number of aromatic nitrogens is 1. The summed E-state index contributed by atoms with van der Waals surface area (Å²) in [6, 6.07) is 3.83. The van der Waals surface area contributed by atoms with Gasteiger partial charge in [-0.15, -0.1) is 11.6 Å². The third kappa shape index (κ3) is 2.34. The first-order valence-corrected chi connectivity index (χ1v) is 5.63. The number of nitrogens with zero attached hydrogens (tertiary/aromatic N) is 2. The molecule has 2 rings (SSSR count). The van der Waals surface area contributed by atoms with Gasteiger partial charge >= 0.3 is 0 Å². The molecule has 1 aromatic rings. The number of anilines is 1. The largest absolute Gasteiger partial charge is 0.493 e. The SMILES string of the molecule is COc1cccnc1N1CCC(Cl)CC1. The van der Waals surface area contributed by atoms with E-state index < -0.39 is 0 Å². The van der Waals surface area contributed by atoms with E-state index in [-0.39, 0.29) is 0 Å². The lowest BCUT2D eigenvalue weighted by Crippen LogP contribution is -2.34. The zero-order chi connectivity index (χ0) is 10.7. The standard InChI is InChI=1S/C11H15ClN2O/c1-15-10-3-2-6-13-11(10)14-7-4-9(12)5-8-14/h2-3,6,9H,4-5,7-8H2,1H3. The van der Waals surface area contributed by atoms with E-state index in [2.05, 4.69) is 9.88 Å². The van der Waals surface area contributed by atoms with Gasteiger partial charge in [-0.25, -0.2) is 4.98 Å². The summed E-state index contributed by atoms with van der Waals surface area (Å²) < 4.78 is 5.29. The fourth-order valence-electron chi connectivity index (χ4n) is 1.84. The van der Waals surface area contributed by atoms with Crippen LogP contribution in [0.3, 0.4) is 0 Å². The molecule has 1 aliphatic heterocycles. The molecule has 0 spiro atoms. The quantitative estimate of drug-likeness (QED) is 0.724. The molecule has 0 aromatic carbocycles. The average Bonchev–Trinajstić information content (AvgIpc) is 2.30. The van der Waals surface area contributed by atoms with E-state index in [0.717, 1.165) is 37.5 Å². The van der Waals surface area contributed by atoms with E-state index in [1.54, 1.807) is 13.3 Å². The molecule has 0 bridgehead atoms. The van der Waals surface area contributed by atoms with Gasteiger partial charge in [0.05, 0.1) is 7.11 Å². The van der Waals surface area contributed by atoms with Gasteiger partial charge in [-0.05, 0) is 25.0 Å². The fourth-order valence-corrected chi connectivity index (χ4v) is 2.03. The van der Waals surface area contributed by atoms with Crippen molar-refractivity contribution in [1.29, 1.82) is 0 Å². The smallest absolute Gasteiger partial charge is 0.171 e. The Morgan fingerprint density at radius 2 is 2.20 bits per heavy atom. The molecule has 0 aliphatic carbocycles. The molecule has 4 heteroatoms. The van der Waals surface area contributed by atoms with Crippen LogP contribution in [0.5, 0.6) is 5.75 Å². The summed E-state index contributed by atoms with van der Waals surface area (Å²) in [7, 11) is 1.68. The zero-order valence-electron chi connectivity index (χ0n) is 8.82. The van der Waals surface area contributed by atoms with Crippen molar-refractivity contribution < 1.29 is 4.74 Å². The molecule has 0 amide bonds. The lowest BCUT2D eigenvalue weighted by Gasteiger charge is -2.30. The van der Waals surface area contributed by atoms with Crippen molar-refractivity contribution in [3.63, 3.8) is 0 Å². The predicted octanol–water partition coefficient (Wildman–Crippen LogP) is 2.30. The maximum atomic E-state index is 6.06. The molecule has 1 fully saturated rings. The van der Waals surface area contributed by atoms with Crippen LogP contribution in [-0.2, 0) is 0 Å². The van der Waals surface area contributed by atoms with Crippen LogP contribution in [0.25, 0.3) is 0 Å². The molecule has 0 saturated carbocycles. The molecule has 2 heterocycles. The van der Waals surface area contributed by atoms with Crippen molar-refractivity contribution >= 4 is 17.4 Å². The van der Waals surface area contributed by atoms with Gasteiger partial charge in [-0.3, -0.25) is 0 Å². The minimum absolute atomic E-state index is 0.316. The maximum absolute atomic E-state index is 6.06. The molecule has 1 aromatic heterocycles. The Labute approximate surface area is 95.0 Å². The number of hydrogen-bond acceptors (Lipinski definition) is 3. The molecule has 0 atom stereocenters. The molecule has 15 heavy (non-hydrogen) atoms. The number of hydrogen-bond donors (Lipinski definition) is 0. The van der Waals surface area contributed by atoms with Crippen LogP contribution in [0.15, 0.2) is 18.3 Å². The third-order valence-electron chi connectivity index (χ3n) is 2.69. The molecule has 3 nitrogen and oxygen atoms in total. The molecule has 0 radical (unpaired) electrons. The molecule has 0 N–H and O–H groups in total. The number of rotatable bonds is 2. The second kappa shape index (κ2) is 4.71. The van der Waals surface area contributed by atoms with Gasteiger partial charge in [0, 0.05) is 24.7 Å². The van der Waals surface area contributed by atoms with Gasteiger partial charge in [0.2, 0.25) is 0 Å². The Bertz CT molecular complexity index is 324. The number of piperidine rings is 1. The van der Waals surface area contributed by atoms with Crippen LogP contribution < -0.4 is 9.64 Å². The summed E-state index contributed by atoms with van der Waals surface area (Å²) in [5.74, 6) is 1.77. The molecule has 1 aliphatic rings. The van der Waals surface area contributed by atoms with E-state index in [9.17, 15) is 0 Å².